The summed E-state index contributed by atoms with van der Waals surface area (Å²) in [4.78, 5) is 27.4. The van der Waals surface area contributed by atoms with Crippen LogP contribution in [0, 0.1) is 6.92 Å². The maximum atomic E-state index is 11.9. The Morgan fingerprint density at radius 1 is 1.45 bits per heavy atom. The van der Waals surface area contributed by atoms with Crippen LogP contribution in [0.1, 0.15) is 41.7 Å². The largest absolute Gasteiger partial charge is 0.397 e. The van der Waals surface area contributed by atoms with Crippen LogP contribution < -0.4 is 16.4 Å². The van der Waals surface area contributed by atoms with Gasteiger partial charge in [-0.25, -0.2) is 0 Å². The van der Waals surface area contributed by atoms with Gasteiger partial charge < -0.3 is 16.4 Å². The van der Waals surface area contributed by atoms with Crippen molar-refractivity contribution in [3.63, 3.8) is 0 Å². The van der Waals surface area contributed by atoms with Crippen LogP contribution in [-0.2, 0) is 4.79 Å². The summed E-state index contributed by atoms with van der Waals surface area (Å²) >= 11 is 0. The standard InChI is InChI=1S/C14H20N4O2/c1-9-12(7-10(15)8-17-9)14(20)16-6-2-3-13(19)18-11-4-5-11/h7-8,11H,2-6,15H2,1H3,(H,16,20)(H,18,19). The van der Waals surface area contributed by atoms with Crippen molar-refractivity contribution in [3.8, 4) is 0 Å². The second-order valence-corrected chi connectivity index (χ2v) is 5.10. The summed E-state index contributed by atoms with van der Waals surface area (Å²) in [5.41, 5.74) is 7.20. The van der Waals surface area contributed by atoms with Crippen molar-refractivity contribution in [1.29, 1.82) is 0 Å². The van der Waals surface area contributed by atoms with Crippen molar-refractivity contribution < 1.29 is 9.59 Å². The predicted molar refractivity (Wildman–Crippen MR) is 76.1 cm³/mol. The molecule has 0 saturated heterocycles. The highest BCUT2D eigenvalue weighted by molar-refractivity contribution is 5.95. The van der Waals surface area contributed by atoms with Crippen LogP contribution in [-0.4, -0.2) is 29.4 Å². The molecule has 0 unspecified atom stereocenters. The summed E-state index contributed by atoms with van der Waals surface area (Å²) in [6.45, 7) is 2.22. The molecule has 1 heterocycles. The van der Waals surface area contributed by atoms with E-state index in [0.717, 1.165) is 12.8 Å². The fraction of sp³-hybridized carbons (Fsp3) is 0.500. The van der Waals surface area contributed by atoms with E-state index in [4.69, 9.17) is 5.73 Å². The van der Waals surface area contributed by atoms with Crippen molar-refractivity contribution in [1.82, 2.24) is 15.6 Å². The summed E-state index contributed by atoms with van der Waals surface area (Å²) in [5.74, 6) is -0.145. The van der Waals surface area contributed by atoms with Crippen LogP contribution in [0.15, 0.2) is 12.3 Å². The molecule has 0 aromatic carbocycles. The average Bonchev–Trinajstić information content (AvgIpc) is 3.21. The maximum Gasteiger partial charge on any atom is 0.253 e. The zero-order chi connectivity index (χ0) is 14.5. The van der Waals surface area contributed by atoms with Crippen molar-refractivity contribution in [2.45, 2.75) is 38.6 Å². The van der Waals surface area contributed by atoms with Gasteiger partial charge in [-0.15, -0.1) is 0 Å². The van der Waals surface area contributed by atoms with E-state index >= 15 is 0 Å². The molecule has 0 aliphatic heterocycles. The summed E-state index contributed by atoms with van der Waals surface area (Å²) in [6, 6.07) is 2.00. The SMILES string of the molecule is Cc1ncc(N)cc1C(=O)NCCCC(=O)NC1CC1. The van der Waals surface area contributed by atoms with Crippen LogP contribution in [0.25, 0.3) is 0 Å². The Balaban J connectivity index is 1.71. The Kier molecular flexibility index (Phi) is 4.55. The van der Waals surface area contributed by atoms with Crippen molar-refractivity contribution in [2.24, 2.45) is 0 Å². The minimum atomic E-state index is -0.204. The number of nitrogens with zero attached hydrogens (tertiary/aromatic N) is 1. The molecule has 0 atom stereocenters. The molecule has 1 fully saturated rings. The molecular formula is C14H20N4O2. The van der Waals surface area contributed by atoms with Gasteiger partial charge in [-0.3, -0.25) is 14.6 Å². The van der Waals surface area contributed by atoms with Gasteiger partial charge in [0, 0.05) is 19.0 Å². The average molecular weight is 276 g/mol. The zero-order valence-corrected chi connectivity index (χ0v) is 11.6. The quantitative estimate of drug-likeness (QED) is 0.668. The highest BCUT2D eigenvalue weighted by atomic mass is 16.2. The van der Waals surface area contributed by atoms with E-state index in [1.54, 1.807) is 13.0 Å². The van der Waals surface area contributed by atoms with E-state index in [1.165, 1.54) is 6.20 Å². The molecule has 20 heavy (non-hydrogen) atoms. The molecule has 1 aromatic heterocycles. The van der Waals surface area contributed by atoms with Gasteiger partial charge in [0.15, 0.2) is 0 Å². The van der Waals surface area contributed by atoms with Crippen molar-refractivity contribution >= 4 is 17.5 Å². The number of nitrogens with two attached hydrogens (primary N) is 1. The molecule has 6 nitrogen and oxygen atoms in total. The Bertz CT molecular complexity index is 512. The molecule has 1 aromatic rings. The van der Waals surface area contributed by atoms with Gasteiger partial charge >= 0.3 is 0 Å². The normalized spacial score (nSPS) is 13.8. The molecule has 0 spiro atoms. The van der Waals surface area contributed by atoms with Gasteiger partial charge in [0.1, 0.15) is 0 Å². The molecule has 2 amide bonds. The summed E-state index contributed by atoms with van der Waals surface area (Å²) in [6.07, 6.45) is 4.76. The molecule has 1 aliphatic carbocycles. The minimum absolute atomic E-state index is 0.0588. The molecule has 108 valence electrons. The smallest absolute Gasteiger partial charge is 0.253 e. The van der Waals surface area contributed by atoms with Crippen LogP contribution in [0.3, 0.4) is 0 Å². The molecule has 0 bridgehead atoms. The van der Waals surface area contributed by atoms with Crippen LogP contribution >= 0.6 is 0 Å². The van der Waals surface area contributed by atoms with Crippen LogP contribution in [0.2, 0.25) is 0 Å². The Labute approximate surface area is 118 Å². The molecule has 4 N–H and O–H groups in total. The first kappa shape index (κ1) is 14.3. The van der Waals surface area contributed by atoms with Crippen LogP contribution in [0.4, 0.5) is 5.69 Å². The van der Waals surface area contributed by atoms with E-state index in [9.17, 15) is 9.59 Å². The third kappa shape index (κ3) is 4.22. The minimum Gasteiger partial charge on any atom is -0.397 e. The summed E-state index contributed by atoms with van der Waals surface area (Å²) in [5, 5.41) is 5.69. The number of aryl methyl sites for hydroxylation is 1. The Morgan fingerprint density at radius 2 is 2.20 bits per heavy atom. The van der Waals surface area contributed by atoms with Gasteiger partial charge in [-0.2, -0.15) is 0 Å². The number of amides is 2. The highest BCUT2D eigenvalue weighted by Crippen LogP contribution is 2.18. The number of pyridine rings is 1. The number of anilines is 1. The summed E-state index contributed by atoms with van der Waals surface area (Å²) < 4.78 is 0. The summed E-state index contributed by atoms with van der Waals surface area (Å²) in [7, 11) is 0. The fourth-order valence-corrected chi connectivity index (χ4v) is 1.85. The number of carbonyl (C=O) groups is 2. The molecule has 6 heteroatoms. The molecule has 1 aliphatic rings. The highest BCUT2D eigenvalue weighted by Gasteiger charge is 2.22. The molecular weight excluding hydrogens is 256 g/mol. The van der Waals surface area contributed by atoms with Crippen molar-refractivity contribution in [2.75, 3.05) is 12.3 Å². The lowest BCUT2D eigenvalue weighted by atomic mass is 10.1. The second kappa shape index (κ2) is 6.36. The Hall–Kier alpha value is -2.11. The van der Waals surface area contributed by atoms with Gasteiger partial charge in [0.2, 0.25) is 5.91 Å². The lowest BCUT2D eigenvalue weighted by Gasteiger charge is -2.08. The first-order chi connectivity index (χ1) is 9.56. The number of rotatable bonds is 6. The van der Waals surface area contributed by atoms with Crippen LogP contribution in [0.5, 0.6) is 0 Å². The molecule has 2 rings (SSSR count). The molecule has 1 saturated carbocycles. The number of aromatic nitrogens is 1. The van der Waals surface area contributed by atoms with E-state index in [0.29, 0.717) is 42.4 Å². The third-order valence-corrected chi connectivity index (χ3v) is 3.16. The van der Waals surface area contributed by atoms with Gasteiger partial charge in [-0.05, 0) is 32.3 Å². The number of nitrogen functional groups attached to an aromatic ring is 1. The third-order valence-electron chi connectivity index (χ3n) is 3.16. The van der Waals surface area contributed by atoms with Gasteiger partial charge in [-0.1, -0.05) is 0 Å². The van der Waals surface area contributed by atoms with E-state index in [1.807, 2.05) is 0 Å². The lowest BCUT2D eigenvalue weighted by Crippen LogP contribution is -2.29. The lowest BCUT2D eigenvalue weighted by molar-refractivity contribution is -0.121. The second-order valence-electron chi connectivity index (χ2n) is 5.10. The monoisotopic (exact) mass is 276 g/mol. The maximum absolute atomic E-state index is 11.9. The van der Waals surface area contributed by atoms with E-state index in [-0.39, 0.29) is 11.8 Å². The fourth-order valence-electron chi connectivity index (χ4n) is 1.85. The van der Waals surface area contributed by atoms with E-state index < -0.39 is 0 Å². The number of nitrogens with one attached hydrogen (secondary N) is 2. The number of hydrogen-bond acceptors (Lipinski definition) is 4. The number of hydrogen-bond donors (Lipinski definition) is 3. The van der Waals surface area contributed by atoms with E-state index in [2.05, 4.69) is 15.6 Å². The first-order valence-electron chi connectivity index (χ1n) is 6.86. The first-order valence-corrected chi connectivity index (χ1v) is 6.86. The number of carbonyl (C=O) groups excluding carboxylic acids is 2. The predicted octanol–water partition coefficient (Wildman–Crippen LogP) is 0.761. The Morgan fingerprint density at radius 3 is 2.90 bits per heavy atom. The van der Waals surface area contributed by atoms with Gasteiger partial charge in [0.25, 0.3) is 5.91 Å². The van der Waals surface area contributed by atoms with Gasteiger partial charge in [0.05, 0.1) is 23.1 Å². The van der Waals surface area contributed by atoms with Crippen molar-refractivity contribution in [3.05, 3.63) is 23.5 Å². The molecule has 0 radical (unpaired) electrons. The topological polar surface area (TPSA) is 97.1 Å². The zero-order valence-electron chi connectivity index (χ0n) is 11.6.